The molecule has 1 fully saturated rings. The van der Waals surface area contributed by atoms with E-state index in [2.05, 4.69) is 36.9 Å². The monoisotopic (exact) mass is 405 g/mol. The molecule has 3 heterocycles. The van der Waals surface area contributed by atoms with Crippen molar-refractivity contribution in [2.75, 3.05) is 38.2 Å². The van der Waals surface area contributed by atoms with Gasteiger partial charge in [-0.1, -0.05) is 0 Å². The van der Waals surface area contributed by atoms with Gasteiger partial charge in [0.05, 0.1) is 7.11 Å². The molecule has 0 aliphatic carbocycles. The molecule has 0 bridgehead atoms. The third-order valence-corrected chi connectivity index (χ3v) is 4.10. The van der Waals surface area contributed by atoms with Gasteiger partial charge in [-0.3, -0.25) is 19.5 Å². The minimum atomic E-state index is -0.250. The normalized spacial score (nSPS) is 13.7. The van der Waals surface area contributed by atoms with Gasteiger partial charge in [0.1, 0.15) is 0 Å². The van der Waals surface area contributed by atoms with Crippen molar-refractivity contribution in [3.63, 3.8) is 0 Å². The van der Waals surface area contributed by atoms with E-state index in [0.29, 0.717) is 6.01 Å². The number of aromatic nitrogens is 3. The highest BCUT2D eigenvalue weighted by atomic mass is 16.5. The first-order valence-corrected chi connectivity index (χ1v) is 8.98. The van der Waals surface area contributed by atoms with Crippen molar-refractivity contribution in [3.05, 3.63) is 42.0 Å². The van der Waals surface area contributed by atoms with Crippen LogP contribution in [-0.4, -0.2) is 76.3 Å². The lowest BCUT2D eigenvalue weighted by atomic mass is 10.3. The first kappa shape index (κ1) is 23.8. The number of anilines is 1. The van der Waals surface area contributed by atoms with Gasteiger partial charge >= 0.3 is 6.01 Å². The van der Waals surface area contributed by atoms with Crippen LogP contribution in [0.25, 0.3) is 0 Å². The average molecular weight is 405 g/mol. The van der Waals surface area contributed by atoms with Crippen LogP contribution in [0.2, 0.25) is 0 Å². The number of methoxy groups -OCH3 is 1. The van der Waals surface area contributed by atoms with Crippen molar-refractivity contribution in [1.29, 1.82) is 0 Å². The number of pyridine rings is 1. The molecule has 10 heteroatoms. The highest BCUT2D eigenvalue weighted by molar-refractivity contribution is 5.46. The number of carboxylic acid groups (broad SMARTS) is 2. The zero-order valence-corrected chi connectivity index (χ0v) is 16.6. The smallest absolute Gasteiger partial charge is 0.316 e. The summed E-state index contributed by atoms with van der Waals surface area (Å²) in [6.45, 7) is 6.66. The van der Waals surface area contributed by atoms with Crippen LogP contribution in [0.5, 0.6) is 6.01 Å². The Morgan fingerprint density at radius 3 is 2.31 bits per heavy atom. The molecule has 1 saturated heterocycles. The topological polar surface area (TPSA) is 129 Å². The number of carbonyl (C=O) groups is 2. The number of aryl methyl sites for hydroxylation is 1. The zero-order chi connectivity index (χ0) is 21.5. The Morgan fingerprint density at radius 1 is 1.07 bits per heavy atom. The second-order valence-electron chi connectivity index (χ2n) is 6.06. The van der Waals surface area contributed by atoms with E-state index in [0.717, 1.165) is 50.4 Å². The van der Waals surface area contributed by atoms with Gasteiger partial charge in [0, 0.05) is 68.3 Å². The van der Waals surface area contributed by atoms with Crippen molar-refractivity contribution >= 4 is 18.6 Å². The molecule has 2 aromatic rings. The third-order valence-electron chi connectivity index (χ3n) is 4.10. The molecule has 0 amide bonds. The maximum absolute atomic E-state index is 8.36. The molecule has 0 unspecified atom stereocenters. The summed E-state index contributed by atoms with van der Waals surface area (Å²) in [5, 5.41) is 13.8. The molecule has 0 spiro atoms. The maximum Gasteiger partial charge on any atom is 0.316 e. The first-order valence-electron chi connectivity index (χ1n) is 8.98. The number of nitrogens with zero attached hydrogens (tertiary/aromatic N) is 5. The Balaban J connectivity index is 0.000000626. The lowest BCUT2D eigenvalue weighted by Crippen LogP contribution is -2.30. The Kier molecular flexibility index (Phi) is 11.3. The molecule has 1 aliphatic heterocycles. The quantitative estimate of drug-likeness (QED) is 0.718. The molecule has 0 aromatic carbocycles. The van der Waals surface area contributed by atoms with Crippen LogP contribution in [0.15, 0.2) is 30.7 Å². The van der Waals surface area contributed by atoms with Gasteiger partial charge in [-0.15, -0.1) is 0 Å². The van der Waals surface area contributed by atoms with Crippen molar-refractivity contribution in [1.82, 2.24) is 19.9 Å². The molecule has 2 aromatic heterocycles. The van der Waals surface area contributed by atoms with Crippen LogP contribution in [0, 0.1) is 6.92 Å². The lowest BCUT2D eigenvalue weighted by Gasteiger charge is -2.23. The van der Waals surface area contributed by atoms with Gasteiger partial charge in [0.25, 0.3) is 12.9 Å². The Morgan fingerprint density at radius 2 is 1.72 bits per heavy atom. The van der Waals surface area contributed by atoms with E-state index < -0.39 is 0 Å². The van der Waals surface area contributed by atoms with Gasteiger partial charge in [0.2, 0.25) is 0 Å². The van der Waals surface area contributed by atoms with Crippen LogP contribution >= 0.6 is 0 Å². The minimum absolute atomic E-state index is 0.250. The molecule has 10 nitrogen and oxygen atoms in total. The van der Waals surface area contributed by atoms with E-state index in [4.69, 9.17) is 24.5 Å². The van der Waals surface area contributed by atoms with E-state index in [9.17, 15) is 0 Å². The summed E-state index contributed by atoms with van der Waals surface area (Å²) in [7, 11) is 1.58. The number of ether oxygens (including phenoxy) is 1. The van der Waals surface area contributed by atoms with Gasteiger partial charge in [-0.2, -0.15) is 0 Å². The number of hydrogen-bond acceptors (Lipinski definition) is 8. The van der Waals surface area contributed by atoms with E-state index >= 15 is 0 Å². The standard InChI is InChI=1S/C17H23N5O.2CH2O2/c1-14-10-16(4-5-18-14)22-7-3-6-21(8-9-22)13-15-11-19-17(23-2)20-12-15;2*2-1-3/h4-5,10-12H,3,6-9,13H2,1-2H3;2*1H,(H,2,3). The fourth-order valence-corrected chi connectivity index (χ4v) is 2.90. The van der Waals surface area contributed by atoms with Crippen molar-refractivity contribution in [2.45, 2.75) is 19.9 Å². The first-order chi connectivity index (χ1) is 14.1. The molecular weight excluding hydrogens is 378 g/mol. The van der Waals surface area contributed by atoms with Gasteiger partial charge in [-0.05, 0) is 25.5 Å². The molecule has 29 heavy (non-hydrogen) atoms. The van der Waals surface area contributed by atoms with E-state index in [1.165, 1.54) is 5.69 Å². The van der Waals surface area contributed by atoms with Crippen LogP contribution in [-0.2, 0) is 16.1 Å². The minimum Gasteiger partial charge on any atom is -0.483 e. The van der Waals surface area contributed by atoms with Crippen molar-refractivity contribution < 1.29 is 24.5 Å². The lowest BCUT2D eigenvalue weighted by molar-refractivity contribution is -0.123. The van der Waals surface area contributed by atoms with E-state index in [1.54, 1.807) is 7.11 Å². The molecule has 0 atom stereocenters. The van der Waals surface area contributed by atoms with Crippen LogP contribution < -0.4 is 9.64 Å². The maximum atomic E-state index is 8.36. The summed E-state index contributed by atoms with van der Waals surface area (Å²) in [6, 6.07) is 4.68. The fourth-order valence-electron chi connectivity index (χ4n) is 2.90. The Bertz CT molecular complexity index is 723. The zero-order valence-electron chi connectivity index (χ0n) is 16.6. The highest BCUT2D eigenvalue weighted by Gasteiger charge is 2.16. The van der Waals surface area contributed by atoms with Crippen LogP contribution in [0.4, 0.5) is 5.69 Å². The molecule has 1 aliphatic rings. The summed E-state index contributed by atoms with van der Waals surface area (Å²) in [5.41, 5.74) is 3.46. The molecule has 158 valence electrons. The second-order valence-corrected chi connectivity index (χ2v) is 6.06. The second kappa shape index (κ2) is 13.8. The Hall–Kier alpha value is -3.27. The fraction of sp³-hybridized carbons (Fsp3) is 0.421. The summed E-state index contributed by atoms with van der Waals surface area (Å²) in [4.78, 5) is 34.3. The number of rotatable bonds is 4. The van der Waals surface area contributed by atoms with Gasteiger partial charge in [0.15, 0.2) is 0 Å². The third kappa shape index (κ3) is 8.98. The predicted octanol–water partition coefficient (Wildman–Crippen LogP) is 1.30. The molecule has 0 radical (unpaired) electrons. The Labute approximate surface area is 169 Å². The van der Waals surface area contributed by atoms with Crippen LogP contribution in [0.1, 0.15) is 17.7 Å². The molecule has 2 N–H and O–H groups in total. The van der Waals surface area contributed by atoms with Crippen molar-refractivity contribution in [3.8, 4) is 6.01 Å². The van der Waals surface area contributed by atoms with Gasteiger partial charge < -0.3 is 19.8 Å². The largest absolute Gasteiger partial charge is 0.483 e. The summed E-state index contributed by atoms with van der Waals surface area (Å²) >= 11 is 0. The number of hydrogen-bond donors (Lipinski definition) is 2. The SMILES string of the molecule is COc1ncc(CN2CCCN(c3ccnc(C)c3)CC2)cn1.O=CO.O=CO. The highest BCUT2D eigenvalue weighted by Crippen LogP contribution is 2.17. The summed E-state index contributed by atoms with van der Waals surface area (Å²) in [5.74, 6) is 0. The van der Waals surface area contributed by atoms with Gasteiger partial charge in [-0.25, -0.2) is 9.97 Å². The summed E-state index contributed by atoms with van der Waals surface area (Å²) in [6.07, 6.45) is 6.74. The van der Waals surface area contributed by atoms with Crippen molar-refractivity contribution in [2.24, 2.45) is 0 Å². The van der Waals surface area contributed by atoms with E-state index in [-0.39, 0.29) is 12.9 Å². The molecule has 0 saturated carbocycles. The van der Waals surface area contributed by atoms with E-state index in [1.807, 2.05) is 25.5 Å². The molecule has 3 rings (SSSR count). The average Bonchev–Trinajstić information content (AvgIpc) is 2.95. The predicted molar refractivity (Wildman–Crippen MR) is 107 cm³/mol. The summed E-state index contributed by atoms with van der Waals surface area (Å²) < 4.78 is 5.00. The molecular formula is C19H27N5O5. The van der Waals surface area contributed by atoms with Crippen LogP contribution in [0.3, 0.4) is 0 Å².